The molecule has 1 atom stereocenters. The molecule has 1 fully saturated rings. The number of aromatic nitrogens is 2. The first-order valence-corrected chi connectivity index (χ1v) is 11.2. The Morgan fingerprint density at radius 2 is 1.88 bits per heavy atom. The third-order valence-electron chi connectivity index (χ3n) is 5.46. The molecule has 0 bridgehead atoms. The van der Waals surface area contributed by atoms with Crippen molar-refractivity contribution in [2.45, 2.75) is 12.6 Å². The van der Waals surface area contributed by atoms with Gasteiger partial charge in [-0.15, -0.1) is 0 Å². The van der Waals surface area contributed by atoms with Crippen molar-refractivity contribution in [3.63, 3.8) is 0 Å². The number of amides is 1. The first-order chi connectivity index (χ1) is 16.0. The van der Waals surface area contributed by atoms with Crippen molar-refractivity contribution in [3.8, 4) is 22.7 Å². The number of ether oxygens (including phenoxy) is 1. The highest BCUT2D eigenvalue weighted by Gasteiger charge is 2.36. The molecule has 0 saturated carbocycles. The zero-order chi connectivity index (χ0) is 22.9. The van der Waals surface area contributed by atoms with Gasteiger partial charge in [0.05, 0.1) is 5.69 Å². The highest BCUT2D eigenvalue weighted by atomic mass is 32.1. The molecule has 1 saturated heterocycles. The predicted octanol–water partition coefficient (Wildman–Crippen LogP) is 4.68. The smallest absolute Gasteiger partial charge is 0.250 e. The van der Waals surface area contributed by atoms with Crippen molar-refractivity contribution < 1.29 is 23.4 Å². The zero-order valence-electron chi connectivity index (χ0n) is 17.3. The normalized spacial score (nSPS) is 16.0. The Balaban J connectivity index is 1.50. The highest BCUT2D eigenvalue weighted by Crippen LogP contribution is 2.36. The summed E-state index contributed by atoms with van der Waals surface area (Å²) in [6, 6.07) is 11.9. The summed E-state index contributed by atoms with van der Waals surface area (Å²) < 4.78 is 34.9. The molecule has 9 heteroatoms. The Kier molecular flexibility index (Phi) is 5.65. The molecular weight excluding hydrogens is 448 g/mol. The van der Waals surface area contributed by atoms with E-state index in [0.29, 0.717) is 24.2 Å². The molecule has 5 rings (SSSR count). The van der Waals surface area contributed by atoms with Crippen LogP contribution in [0.4, 0.5) is 8.78 Å². The van der Waals surface area contributed by atoms with E-state index in [1.165, 1.54) is 28.2 Å². The van der Waals surface area contributed by atoms with Crippen LogP contribution in [0.25, 0.3) is 16.9 Å². The summed E-state index contributed by atoms with van der Waals surface area (Å²) in [5, 5.41) is 17.9. The molecule has 168 valence electrons. The number of aromatic hydroxyl groups is 1. The Bertz CT molecular complexity index is 1270. The zero-order valence-corrected chi connectivity index (χ0v) is 18.1. The summed E-state index contributed by atoms with van der Waals surface area (Å²) in [5.74, 6) is -1.39. The second kappa shape index (κ2) is 8.76. The largest absolute Gasteiger partial charge is 0.508 e. The standard InChI is InChI=1S/C24H19F2N3O3S/c25-17-9-18(26)11-19(10-17)29-12-21(23(27-29)16-6-8-33-14-16)24-28(22(31)13-32-24)7-5-15-1-3-20(30)4-2-15/h1-4,6,8-12,14,24,30H,5,7,13H2. The van der Waals surface area contributed by atoms with Gasteiger partial charge in [-0.3, -0.25) is 4.79 Å². The van der Waals surface area contributed by atoms with E-state index in [4.69, 9.17) is 4.74 Å². The Morgan fingerprint density at radius 1 is 1.12 bits per heavy atom. The fraction of sp³-hybridized carbons (Fsp3) is 0.167. The minimum atomic E-state index is -0.707. The molecule has 1 aliphatic rings. The number of hydrogen-bond acceptors (Lipinski definition) is 5. The number of halogens is 2. The molecule has 1 N–H and O–H groups in total. The Labute approximate surface area is 192 Å². The molecule has 1 amide bonds. The molecule has 0 radical (unpaired) electrons. The quantitative estimate of drug-likeness (QED) is 0.447. The molecule has 6 nitrogen and oxygen atoms in total. The number of phenolic OH excluding ortho intramolecular Hbond substituents is 1. The van der Waals surface area contributed by atoms with Gasteiger partial charge < -0.3 is 14.7 Å². The third kappa shape index (κ3) is 4.37. The maximum absolute atomic E-state index is 13.8. The van der Waals surface area contributed by atoms with Gasteiger partial charge in [-0.1, -0.05) is 12.1 Å². The van der Waals surface area contributed by atoms with Crippen LogP contribution >= 0.6 is 11.3 Å². The second-order valence-electron chi connectivity index (χ2n) is 7.68. The van der Waals surface area contributed by atoms with Crippen LogP contribution in [-0.2, 0) is 16.0 Å². The van der Waals surface area contributed by atoms with Gasteiger partial charge in [0.1, 0.15) is 29.7 Å². The van der Waals surface area contributed by atoms with E-state index in [0.717, 1.165) is 17.2 Å². The lowest BCUT2D eigenvalue weighted by Gasteiger charge is -2.23. The predicted molar refractivity (Wildman–Crippen MR) is 119 cm³/mol. The van der Waals surface area contributed by atoms with Crippen LogP contribution in [0.3, 0.4) is 0 Å². The summed E-state index contributed by atoms with van der Waals surface area (Å²) in [6.45, 7) is 0.334. The average molecular weight is 467 g/mol. The number of thiophene rings is 1. The molecule has 2 aromatic carbocycles. The molecule has 2 aromatic heterocycles. The number of nitrogens with zero attached hydrogens (tertiary/aromatic N) is 3. The van der Waals surface area contributed by atoms with Crippen LogP contribution in [-0.4, -0.2) is 38.8 Å². The monoisotopic (exact) mass is 467 g/mol. The number of hydrogen-bond donors (Lipinski definition) is 1. The van der Waals surface area contributed by atoms with E-state index in [1.54, 1.807) is 35.4 Å². The van der Waals surface area contributed by atoms with Crippen molar-refractivity contribution >= 4 is 17.2 Å². The molecule has 0 spiro atoms. The van der Waals surface area contributed by atoms with Gasteiger partial charge in [0.2, 0.25) is 0 Å². The number of phenols is 1. The van der Waals surface area contributed by atoms with Gasteiger partial charge >= 0.3 is 0 Å². The summed E-state index contributed by atoms with van der Waals surface area (Å²) in [7, 11) is 0. The van der Waals surface area contributed by atoms with Crippen LogP contribution in [0.5, 0.6) is 5.75 Å². The van der Waals surface area contributed by atoms with E-state index < -0.39 is 17.9 Å². The molecular formula is C24H19F2N3O3S. The van der Waals surface area contributed by atoms with Crippen molar-refractivity contribution in [1.82, 2.24) is 14.7 Å². The number of carbonyl (C=O) groups is 1. The first kappa shape index (κ1) is 21.3. The van der Waals surface area contributed by atoms with Gasteiger partial charge in [0.25, 0.3) is 5.91 Å². The fourth-order valence-electron chi connectivity index (χ4n) is 3.86. The van der Waals surface area contributed by atoms with E-state index in [2.05, 4.69) is 5.10 Å². The fourth-order valence-corrected chi connectivity index (χ4v) is 4.50. The molecule has 4 aromatic rings. The minimum absolute atomic E-state index is 0.0664. The number of carbonyl (C=O) groups excluding carboxylic acids is 1. The highest BCUT2D eigenvalue weighted by molar-refractivity contribution is 7.08. The minimum Gasteiger partial charge on any atom is -0.508 e. The lowest BCUT2D eigenvalue weighted by atomic mass is 10.1. The van der Waals surface area contributed by atoms with E-state index >= 15 is 0 Å². The summed E-state index contributed by atoms with van der Waals surface area (Å²) >= 11 is 1.49. The van der Waals surface area contributed by atoms with Crippen LogP contribution in [0.2, 0.25) is 0 Å². The van der Waals surface area contributed by atoms with Crippen molar-refractivity contribution in [1.29, 1.82) is 0 Å². The Morgan fingerprint density at radius 3 is 2.58 bits per heavy atom. The van der Waals surface area contributed by atoms with E-state index in [9.17, 15) is 18.7 Å². The van der Waals surface area contributed by atoms with Gasteiger partial charge in [0.15, 0.2) is 6.23 Å². The molecule has 3 heterocycles. The van der Waals surface area contributed by atoms with E-state index in [1.807, 2.05) is 16.8 Å². The lowest BCUT2D eigenvalue weighted by Crippen LogP contribution is -2.30. The van der Waals surface area contributed by atoms with Crippen molar-refractivity contribution in [3.05, 3.63) is 88.2 Å². The Hall–Kier alpha value is -3.56. The average Bonchev–Trinajstić information content (AvgIpc) is 3.52. The van der Waals surface area contributed by atoms with Crippen molar-refractivity contribution in [2.75, 3.05) is 13.2 Å². The van der Waals surface area contributed by atoms with Crippen LogP contribution < -0.4 is 0 Å². The summed E-state index contributed by atoms with van der Waals surface area (Å²) in [4.78, 5) is 14.3. The maximum atomic E-state index is 13.8. The lowest BCUT2D eigenvalue weighted by molar-refractivity contribution is -0.128. The van der Waals surface area contributed by atoms with Gasteiger partial charge in [0, 0.05) is 35.3 Å². The first-order valence-electron chi connectivity index (χ1n) is 10.3. The van der Waals surface area contributed by atoms with Crippen LogP contribution in [0, 0.1) is 11.6 Å². The second-order valence-corrected chi connectivity index (χ2v) is 8.46. The van der Waals surface area contributed by atoms with Gasteiger partial charge in [-0.2, -0.15) is 16.4 Å². The van der Waals surface area contributed by atoms with Gasteiger partial charge in [-0.25, -0.2) is 13.5 Å². The van der Waals surface area contributed by atoms with Crippen LogP contribution in [0.15, 0.2) is 65.5 Å². The molecule has 33 heavy (non-hydrogen) atoms. The third-order valence-corrected chi connectivity index (χ3v) is 6.14. The molecule has 1 unspecified atom stereocenters. The van der Waals surface area contributed by atoms with Crippen molar-refractivity contribution in [2.24, 2.45) is 0 Å². The summed E-state index contributed by atoms with van der Waals surface area (Å²) in [6.07, 6.45) is 1.54. The topological polar surface area (TPSA) is 67.6 Å². The number of rotatable bonds is 6. The maximum Gasteiger partial charge on any atom is 0.250 e. The van der Waals surface area contributed by atoms with E-state index in [-0.39, 0.29) is 24.0 Å². The molecule has 1 aliphatic heterocycles. The molecule has 0 aliphatic carbocycles. The van der Waals surface area contributed by atoms with Gasteiger partial charge in [-0.05, 0) is 47.7 Å². The van der Waals surface area contributed by atoms with Crippen LogP contribution in [0.1, 0.15) is 17.4 Å². The SMILES string of the molecule is O=C1COC(c2cn(-c3cc(F)cc(F)c3)nc2-c2ccsc2)N1CCc1ccc(O)cc1. The summed E-state index contributed by atoms with van der Waals surface area (Å²) in [5.41, 5.74) is 3.24. The number of benzene rings is 2.